The zero-order valence-electron chi connectivity index (χ0n) is 13.2. The van der Waals surface area contributed by atoms with Gasteiger partial charge in [0.15, 0.2) is 0 Å². The van der Waals surface area contributed by atoms with Crippen molar-refractivity contribution < 1.29 is 4.74 Å². The number of nitrogen functional groups attached to an aromatic ring is 1. The Kier molecular flexibility index (Phi) is 5.13. The Labute approximate surface area is 125 Å². The minimum Gasteiger partial charge on any atom is -0.376 e. The molecule has 1 fully saturated rings. The van der Waals surface area contributed by atoms with Gasteiger partial charge in [0.25, 0.3) is 0 Å². The van der Waals surface area contributed by atoms with Crippen molar-refractivity contribution in [2.75, 3.05) is 42.0 Å². The highest BCUT2D eigenvalue weighted by Crippen LogP contribution is 2.23. The lowest BCUT2D eigenvalue weighted by molar-refractivity contribution is 0.118. The minimum absolute atomic E-state index is 0.165. The molecule has 2 unspecified atom stereocenters. The SMILES string of the molecule is CCN(CC)c1nc(NN)nc(N(C)C2CCOC2C)n1. The van der Waals surface area contributed by atoms with Gasteiger partial charge in [-0.05, 0) is 27.2 Å². The van der Waals surface area contributed by atoms with Gasteiger partial charge in [-0.3, -0.25) is 5.43 Å². The first-order chi connectivity index (χ1) is 10.1. The van der Waals surface area contributed by atoms with Crippen LogP contribution in [0.4, 0.5) is 17.8 Å². The van der Waals surface area contributed by atoms with Crippen molar-refractivity contribution in [1.29, 1.82) is 0 Å². The van der Waals surface area contributed by atoms with E-state index >= 15 is 0 Å². The van der Waals surface area contributed by atoms with Crippen LogP contribution < -0.4 is 21.1 Å². The minimum atomic E-state index is 0.165. The van der Waals surface area contributed by atoms with Crippen LogP contribution >= 0.6 is 0 Å². The molecule has 0 radical (unpaired) electrons. The third-order valence-corrected chi connectivity index (χ3v) is 3.94. The van der Waals surface area contributed by atoms with Crippen molar-refractivity contribution in [3.63, 3.8) is 0 Å². The maximum Gasteiger partial charge on any atom is 0.243 e. The fourth-order valence-electron chi connectivity index (χ4n) is 2.60. The molecule has 1 saturated heterocycles. The van der Waals surface area contributed by atoms with Gasteiger partial charge in [-0.25, -0.2) is 5.84 Å². The fourth-order valence-corrected chi connectivity index (χ4v) is 2.60. The first kappa shape index (κ1) is 15.7. The van der Waals surface area contributed by atoms with Crippen molar-refractivity contribution in [3.05, 3.63) is 0 Å². The van der Waals surface area contributed by atoms with Crippen LogP contribution in [-0.2, 0) is 4.74 Å². The largest absolute Gasteiger partial charge is 0.376 e. The molecule has 3 N–H and O–H groups in total. The smallest absolute Gasteiger partial charge is 0.243 e. The number of rotatable bonds is 6. The summed E-state index contributed by atoms with van der Waals surface area (Å²) in [6.07, 6.45) is 1.13. The number of hydrazine groups is 1. The molecule has 8 heteroatoms. The predicted molar refractivity (Wildman–Crippen MR) is 83.4 cm³/mol. The zero-order chi connectivity index (χ0) is 15.4. The lowest BCUT2D eigenvalue weighted by atomic mass is 10.1. The van der Waals surface area contributed by atoms with E-state index in [2.05, 4.69) is 46.0 Å². The molecule has 8 nitrogen and oxygen atoms in total. The van der Waals surface area contributed by atoms with Gasteiger partial charge < -0.3 is 14.5 Å². The average molecular weight is 295 g/mol. The van der Waals surface area contributed by atoms with Gasteiger partial charge in [0.2, 0.25) is 17.8 Å². The lowest BCUT2D eigenvalue weighted by Crippen LogP contribution is -2.38. The molecule has 21 heavy (non-hydrogen) atoms. The number of nitrogens with two attached hydrogens (primary N) is 1. The van der Waals surface area contributed by atoms with E-state index in [1.807, 2.05) is 11.9 Å². The van der Waals surface area contributed by atoms with Gasteiger partial charge in [0.05, 0.1) is 12.1 Å². The molecule has 2 atom stereocenters. The van der Waals surface area contributed by atoms with Gasteiger partial charge in [-0.1, -0.05) is 0 Å². The summed E-state index contributed by atoms with van der Waals surface area (Å²) in [6.45, 7) is 8.64. The quantitative estimate of drug-likeness (QED) is 0.583. The molecule has 1 aromatic rings. The lowest BCUT2D eigenvalue weighted by Gasteiger charge is -2.28. The number of nitrogens with zero attached hydrogens (tertiary/aromatic N) is 5. The van der Waals surface area contributed by atoms with Gasteiger partial charge in [0.1, 0.15) is 0 Å². The predicted octanol–water partition coefficient (Wildman–Crippen LogP) is 0.617. The maximum atomic E-state index is 5.62. The van der Waals surface area contributed by atoms with E-state index in [0.717, 1.165) is 26.1 Å². The maximum absolute atomic E-state index is 5.62. The highest BCUT2D eigenvalue weighted by Gasteiger charge is 2.30. The second-order valence-electron chi connectivity index (χ2n) is 5.12. The molecule has 0 saturated carbocycles. The van der Waals surface area contributed by atoms with E-state index < -0.39 is 0 Å². The molecule has 118 valence electrons. The summed E-state index contributed by atoms with van der Waals surface area (Å²) in [5, 5.41) is 0. The van der Waals surface area contributed by atoms with Gasteiger partial charge in [-0.2, -0.15) is 15.0 Å². The average Bonchev–Trinajstić information content (AvgIpc) is 2.93. The van der Waals surface area contributed by atoms with Crippen molar-refractivity contribution in [2.24, 2.45) is 5.84 Å². The van der Waals surface area contributed by atoms with Gasteiger partial charge in [0, 0.05) is 26.7 Å². The third kappa shape index (κ3) is 3.33. The molecule has 0 spiro atoms. The zero-order valence-corrected chi connectivity index (χ0v) is 13.2. The van der Waals surface area contributed by atoms with Crippen molar-refractivity contribution >= 4 is 17.8 Å². The Morgan fingerprint density at radius 2 is 1.90 bits per heavy atom. The van der Waals surface area contributed by atoms with Crippen LogP contribution in [0, 0.1) is 0 Å². The van der Waals surface area contributed by atoms with Crippen LogP contribution in [0.25, 0.3) is 0 Å². The van der Waals surface area contributed by atoms with Crippen molar-refractivity contribution in [3.8, 4) is 0 Å². The van der Waals surface area contributed by atoms with E-state index in [9.17, 15) is 0 Å². The van der Waals surface area contributed by atoms with E-state index in [1.165, 1.54) is 0 Å². The molecule has 0 amide bonds. The summed E-state index contributed by atoms with van der Waals surface area (Å²) in [5.74, 6) is 7.11. The summed E-state index contributed by atoms with van der Waals surface area (Å²) in [6, 6.07) is 0.266. The number of ether oxygens (including phenoxy) is 1. The van der Waals surface area contributed by atoms with E-state index in [-0.39, 0.29) is 12.1 Å². The molecule has 0 aliphatic carbocycles. The number of anilines is 3. The molecule has 2 rings (SSSR count). The standard InChI is InChI=1S/C13H25N7O/c1-5-20(6-2)13-16-11(18-14)15-12(17-13)19(4)10-7-8-21-9(10)3/h9-10H,5-8,14H2,1-4H3,(H,15,16,17,18). The first-order valence-electron chi connectivity index (χ1n) is 7.42. The molecular formula is C13H25N7O. The number of nitrogens with one attached hydrogen (secondary N) is 1. The van der Waals surface area contributed by atoms with E-state index in [0.29, 0.717) is 17.8 Å². The summed E-state index contributed by atoms with van der Waals surface area (Å²) in [7, 11) is 1.98. The monoisotopic (exact) mass is 295 g/mol. The van der Waals surface area contributed by atoms with E-state index in [1.54, 1.807) is 0 Å². The van der Waals surface area contributed by atoms with E-state index in [4.69, 9.17) is 10.6 Å². The highest BCUT2D eigenvalue weighted by atomic mass is 16.5. The van der Waals surface area contributed by atoms with Gasteiger partial charge >= 0.3 is 0 Å². The molecule has 0 bridgehead atoms. The normalized spacial score (nSPS) is 21.4. The van der Waals surface area contributed by atoms with Crippen molar-refractivity contribution in [1.82, 2.24) is 15.0 Å². The topological polar surface area (TPSA) is 92.4 Å². The third-order valence-electron chi connectivity index (χ3n) is 3.94. The summed E-state index contributed by atoms with van der Waals surface area (Å²) < 4.78 is 5.62. The second kappa shape index (κ2) is 6.86. The van der Waals surface area contributed by atoms with Crippen LogP contribution in [0.1, 0.15) is 27.2 Å². The second-order valence-corrected chi connectivity index (χ2v) is 5.12. The molecule has 1 aliphatic heterocycles. The Balaban J connectivity index is 2.31. The number of hydrogen-bond donors (Lipinski definition) is 2. The number of hydrogen-bond acceptors (Lipinski definition) is 8. The van der Waals surface area contributed by atoms with Gasteiger partial charge in [-0.15, -0.1) is 0 Å². The fraction of sp³-hybridized carbons (Fsp3) is 0.769. The van der Waals surface area contributed by atoms with Crippen LogP contribution in [0.5, 0.6) is 0 Å². The van der Waals surface area contributed by atoms with Crippen LogP contribution in [0.15, 0.2) is 0 Å². The first-order valence-corrected chi connectivity index (χ1v) is 7.42. The summed E-state index contributed by atoms with van der Waals surface area (Å²) in [5.41, 5.74) is 2.52. The van der Waals surface area contributed by atoms with Crippen molar-refractivity contribution in [2.45, 2.75) is 39.3 Å². The Hall–Kier alpha value is -1.67. The Bertz CT molecular complexity index is 466. The highest BCUT2D eigenvalue weighted by molar-refractivity contribution is 5.45. The summed E-state index contributed by atoms with van der Waals surface area (Å²) in [4.78, 5) is 17.4. The Morgan fingerprint density at radius 1 is 1.24 bits per heavy atom. The number of likely N-dealkylation sites (N-methyl/N-ethyl adjacent to an activating group) is 1. The number of aromatic nitrogens is 3. The Morgan fingerprint density at radius 3 is 2.43 bits per heavy atom. The molecule has 1 aromatic heterocycles. The molecular weight excluding hydrogens is 270 g/mol. The summed E-state index contributed by atoms with van der Waals surface area (Å²) >= 11 is 0. The molecule has 1 aliphatic rings. The van der Waals surface area contributed by atoms with Crippen LogP contribution in [0.2, 0.25) is 0 Å². The van der Waals surface area contributed by atoms with Crippen LogP contribution in [-0.4, -0.2) is 53.8 Å². The molecule has 2 heterocycles. The van der Waals surface area contributed by atoms with Crippen LogP contribution in [0.3, 0.4) is 0 Å². The molecule has 0 aromatic carbocycles.